The first-order valence-electron chi connectivity index (χ1n) is 5.63. The Morgan fingerprint density at radius 1 is 1.42 bits per heavy atom. The molecule has 1 amide bonds. The van der Waals surface area contributed by atoms with Crippen LogP contribution in [0.5, 0.6) is 0 Å². The van der Waals surface area contributed by atoms with Crippen molar-refractivity contribution >= 4 is 17.8 Å². The first kappa shape index (κ1) is 14.7. The van der Waals surface area contributed by atoms with Gasteiger partial charge in [0.2, 0.25) is 0 Å². The SMILES string of the molecule is Cn1cnc(C(=O)N[C@H](CCCC(=O)O)C(=O)O)c1. The van der Waals surface area contributed by atoms with E-state index in [-0.39, 0.29) is 25.0 Å². The maximum absolute atomic E-state index is 11.7. The number of carbonyl (C=O) groups is 3. The van der Waals surface area contributed by atoms with Gasteiger partial charge in [0.25, 0.3) is 5.91 Å². The van der Waals surface area contributed by atoms with Crippen LogP contribution in [0.4, 0.5) is 0 Å². The van der Waals surface area contributed by atoms with Crippen LogP contribution in [0.2, 0.25) is 0 Å². The highest BCUT2D eigenvalue weighted by molar-refractivity contribution is 5.94. The minimum absolute atomic E-state index is 0.0558. The van der Waals surface area contributed by atoms with E-state index in [0.29, 0.717) is 0 Å². The van der Waals surface area contributed by atoms with Crippen molar-refractivity contribution in [3.8, 4) is 0 Å². The first-order valence-corrected chi connectivity index (χ1v) is 5.63. The number of nitrogens with one attached hydrogen (secondary N) is 1. The van der Waals surface area contributed by atoms with Crippen LogP contribution in [0.25, 0.3) is 0 Å². The summed E-state index contributed by atoms with van der Waals surface area (Å²) in [6.45, 7) is 0. The molecule has 0 aliphatic heterocycles. The third-order valence-electron chi connectivity index (χ3n) is 2.42. The number of aromatic nitrogens is 2. The molecular formula is C11H15N3O5. The van der Waals surface area contributed by atoms with Gasteiger partial charge in [0, 0.05) is 19.7 Å². The normalized spacial score (nSPS) is 11.8. The highest BCUT2D eigenvalue weighted by Gasteiger charge is 2.21. The topological polar surface area (TPSA) is 122 Å². The maximum Gasteiger partial charge on any atom is 0.326 e. The Hall–Kier alpha value is -2.38. The summed E-state index contributed by atoms with van der Waals surface area (Å²) in [6, 6.07) is -1.12. The van der Waals surface area contributed by atoms with Crippen molar-refractivity contribution in [2.24, 2.45) is 7.05 Å². The molecule has 0 saturated heterocycles. The summed E-state index contributed by atoms with van der Waals surface area (Å²) in [7, 11) is 1.69. The molecular weight excluding hydrogens is 254 g/mol. The van der Waals surface area contributed by atoms with E-state index in [1.807, 2.05) is 0 Å². The van der Waals surface area contributed by atoms with Gasteiger partial charge in [-0.2, -0.15) is 0 Å². The number of amides is 1. The van der Waals surface area contributed by atoms with E-state index in [1.54, 1.807) is 11.6 Å². The Morgan fingerprint density at radius 3 is 2.58 bits per heavy atom. The van der Waals surface area contributed by atoms with Gasteiger partial charge in [-0.1, -0.05) is 0 Å². The van der Waals surface area contributed by atoms with E-state index in [4.69, 9.17) is 10.2 Å². The van der Waals surface area contributed by atoms with Gasteiger partial charge in [-0.3, -0.25) is 9.59 Å². The van der Waals surface area contributed by atoms with Crippen molar-refractivity contribution in [3.63, 3.8) is 0 Å². The lowest BCUT2D eigenvalue weighted by Crippen LogP contribution is -2.41. The van der Waals surface area contributed by atoms with Crippen LogP contribution in [0.3, 0.4) is 0 Å². The van der Waals surface area contributed by atoms with Crippen molar-refractivity contribution in [1.82, 2.24) is 14.9 Å². The first-order chi connectivity index (χ1) is 8.90. The zero-order valence-corrected chi connectivity index (χ0v) is 10.4. The average Bonchev–Trinajstić information content (AvgIpc) is 2.73. The fourth-order valence-corrected chi connectivity index (χ4v) is 1.48. The van der Waals surface area contributed by atoms with Gasteiger partial charge in [-0.15, -0.1) is 0 Å². The lowest BCUT2D eigenvalue weighted by molar-refractivity contribution is -0.140. The monoisotopic (exact) mass is 269 g/mol. The van der Waals surface area contributed by atoms with Gasteiger partial charge in [0.05, 0.1) is 6.33 Å². The molecule has 0 unspecified atom stereocenters. The Kier molecular flexibility index (Phi) is 5.04. The van der Waals surface area contributed by atoms with E-state index in [9.17, 15) is 14.4 Å². The summed E-state index contributed by atoms with van der Waals surface area (Å²) in [5, 5.41) is 19.7. The molecule has 1 aromatic heterocycles. The molecule has 19 heavy (non-hydrogen) atoms. The molecule has 1 heterocycles. The Balaban J connectivity index is 2.55. The van der Waals surface area contributed by atoms with Crippen LogP contribution in [0.1, 0.15) is 29.8 Å². The van der Waals surface area contributed by atoms with Crippen molar-refractivity contribution in [2.75, 3.05) is 0 Å². The lowest BCUT2D eigenvalue weighted by Gasteiger charge is -2.12. The molecule has 0 saturated carbocycles. The quantitative estimate of drug-likeness (QED) is 0.633. The molecule has 0 aromatic carbocycles. The predicted octanol–water partition coefficient (Wildman–Crippen LogP) is -0.142. The molecule has 104 valence electrons. The number of aliphatic carboxylic acids is 2. The van der Waals surface area contributed by atoms with Crippen molar-refractivity contribution in [3.05, 3.63) is 18.2 Å². The number of hydrogen-bond donors (Lipinski definition) is 3. The second-order valence-electron chi connectivity index (χ2n) is 4.07. The Labute approximate surface area is 109 Å². The highest BCUT2D eigenvalue weighted by atomic mass is 16.4. The van der Waals surface area contributed by atoms with E-state index >= 15 is 0 Å². The average molecular weight is 269 g/mol. The summed E-state index contributed by atoms with van der Waals surface area (Å²) in [5.41, 5.74) is 0.118. The van der Waals surface area contributed by atoms with E-state index < -0.39 is 23.9 Å². The molecule has 8 heteroatoms. The van der Waals surface area contributed by atoms with E-state index in [0.717, 1.165) is 0 Å². The minimum Gasteiger partial charge on any atom is -0.481 e. The molecule has 1 atom stereocenters. The molecule has 3 N–H and O–H groups in total. The number of imidazole rings is 1. The van der Waals surface area contributed by atoms with Crippen molar-refractivity contribution < 1.29 is 24.6 Å². The minimum atomic E-state index is -1.20. The molecule has 0 aliphatic carbocycles. The highest BCUT2D eigenvalue weighted by Crippen LogP contribution is 2.03. The van der Waals surface area contributed by atoms with Crippen LogP contribution in [-0.4, -0.2) is 43.7 Å². The molecule has 0 fully saturated rings. The van der Waals surface area contributed by atoms with Crippen LogP contribution in [0.15, 0.2) is 12.5 Å². The van der Waals surface area contributed by atoms with Crippen LogP contribution in [0, 0.1) is 0 Å². The van der Waals surface area contributed by atoms with Crippen molar-refractivity contribution in [2.45, 2.75) is 25.3 Å². The summed E-state index contributed by atoms with van der Waals surface area (Å²) < 4.78 is 1.56. The van der Waals surface area contributed by atoms with Crippen LogP contribution < -0.4 is 5.32 Å². The second-order valence-corrected chi connectivity index (χ2v) is 4.07. The summed E-state index contributed by atoms with van der Waals surface area (Å²) >= 11 is 0. The van der Waals surface area contributed by atoms with Gasteiger partial charge >= 0.3 is 11.9 Å². The van der Waals surface area contributed by atoms with Gasteiger partial charge < -0.3 is 20.1 Å². The number of carbonyl (C=O) groups excluding carboxylic acids is 1. The van der Waals surface area contributed by atoms with Crippen LogP contribution in [-0.2, 0) is 16.6 Å². The Morgan fingerprint density at radius 2 is 2.11 bits per heavy atom. The second kappa shape index (κ2) is 6.53. The molecule has 1 aromatic rings. The van der Waals surface area contributed by atoms with Gasteiger partial charge in [0.1, 0.15) is 11.7 Å². The molecule has 0 aliphatic rings. The Bertz CT molecular complexity index is 482. The number of hydrogen-bond acceptors (Lipinski definition) is 4. The number of aryl methyl sites for hydroxylation is 1. The van der Waals surface area contributed by atoms with Gasteiger partial charge in [-0.05, 0) is 12.8 Å². The molecule has 8 nitrogen and oxygen atoms in total. The maximum atomic E-state index is 11.7. The van der Waals surface area contributed by atoms with Crippen molar-refractivity contribution in [1.29, 1.82) is 0 Å². The number of nitrogens with zero attached hydrogens (tertiary/aromatic N) is 2. The van der Waals surface area contributed by atoms with Crippen LogP contribution >= 0.6 is 0 Å². The summed E-state index contributed by atoms with van der Waals surface area (Å²) in [4.78, 5) is 36.8. The van der Waals surface area contributed by atoms with Gasteiger partial charge in [-0.25, -0.2) is 9.78 Å². The fraction of sp³-hybridized carbons (Fsp3) is 0.455. The fourth-order valence-electron chi connectivity index (χ4n) is 1.48. The number of carboxylic acids is 2. The molecule has 0 bridgehead atoms. The van der Waals surface area contributed by atoms with E-state index in [1.165, 1.54) is 12.5 Å². The number of rotatable bonds is 7. The zero-order chi connectivity index (χ0) is 14.4. The largest absolute Gasteiger partial charge is 0.481 e. The third kappa shape index (κ3) is 4.78. The molecule has 0 radical (unpaired) electrons. The standard InChI is InChI=1S/C11H15N3O5/c1-14-5-8(12-6-14)10(17)13-7(11(18)19)3-2-4-9(15)16/h5-7H,2-4H2,1H3,(H,13,17)(H,15,16)(H,18,19)/t7-/m1/s1. The summed E-state index contributed by atoms with van der Waals surface area (Å²) in [5.74, 6) is -2.79. The predicted molar refractivity (Wildman–Crippen MR) is 63.6 cm³/mol. The van der Waals surface area contributed by atoms with E-state index in [2.05, 4.69) is 10.3 Å². The molecule has 1 rings (SSSR count). The van der Waals surface area contributed by atoms with Gasteiger partial charge in [0.15, 0.2) is 0 Å². The summed E-state index contributed by atoms with van der Waals surface area (Å²) in [6.07, 6.45) is 2.98. The molecule has 0 spiro atoms. The smallest absolute Gasteiger partial charge is 0.326 e. The number of carboxylic acid groups (broad SMARTS) is 2. The lowest BCUT2D eigenvalue weighted by atomic mass is 10.1. The third-order valence-corrected chi connectivity index (χ3v) is 2.42. The zero-order valence-electron chi connectivity index (χ0n) is 10.4.